The number of nitrogens with two attached hydrogens (primary N) is 1. The summed E-state index contributed by atoms with van der Waals surface area (Å²) in [6, 6.07) is 2.50. The van der Waals surface area contributed by atoms with Gasteiger partial charge < -0.3 is 20.5 Å². The quantitative estimate of drug-likeness (QED) is 0.378. The van der Waals surface area contributed by atoms with Crippen LogP contribution in [0.15, 0.2) is 12.4 Å². The fraction of sp³-hybridized carbons (Fsp3) is 0.429. The van der Waals surface area contributed by atoms with E-state index >= 15 is 4.39 Å². The molecular weight excluding hydrogens is 536 g/mol. The van der Waals surface area contributed by atoms with Gasteiger partial charge in [0.1, 0.15) is 16.6 Å². The Labute approximate surface area is 232 Å². The molecule has 3 atom stereocenters. The molecule has 40 heavy (non-hydrogen) atoms. The van der Waals surface area contributed by atoms with Crippen LogP contribution in [-0.4, -0.2) is 62.8 Å². The van der Waals surface area contributed by atoms with Crippen LogP contribution in [0.25, 0.3) is 32.2 Å². The highest BCUT2D eigenvalue weighted by Gasteiger charge is 2.41. The first-order valence-corrected chi connectivity index (χ1v) is 14.2. The Kier molecular flexibility index (Phi) is 6.08. The number of ether oxygens (including phenoxy) is 1. The molecule has 0 saturated carbocycles. The average molecular weight is 564 g/mol. The summed E-state index contributed by atoms with van der Waals surface area (Å²) >= 11 is 0.950. The molecule has 6 heterocycles. The third-order valence-electron chi connectivity index (χ3n) is 8.41. The second-order valence-corrected chi connectivity index (χ2v) is 11.8. The lowest BCUT2D eigenvalue weighted by Gasteiger charge is -2.40. The summed E-state index contributed by atoms with van der Waals surface area (Å²) in [6.07, 6.45) is 5.18. The van der Waals surface area contributed by atoms with Crippen molar-refractivity contribution in [2.24, 2.45) is 0 Å². The van der Waals surface area contributed by atoms with Crippen LogP contribution < -0.4 is 10.6 Å². The summed E-state index contributed by atoms with van der Waals surface area (Å²) in [5.74, 6) is -0.763. The first kappa shape index (κ1) is 25.5. The van der Waals surface area contributed by atoms with Crippen LogP contribution in [0.2, 0.25) is 0 Å². The lowest BCUT2D eigenvalue weighted by molar-refractivity contribution is 0.0750. The molecule has 0 aliphatic carbocycles. The van der Waals surface area contributed by atoms with E-state index in [-0.39, 0.29) is 62.7 Å². The zero-order chi connectivity index (χ0) is 27.7. The number of rotatable bonds is 4. The maximum atomic E-state index is 16.6. The van der Waals surface area contributed by atoms with Crippen molar-refractivity contribution in [1.82, 2.24) is 19.9 Å². The van der Waals surface area contributed by atoms with Gasteiger partial charge in [-0.15, -0.1) is 11.3 Å². The number of nitriles is 1. The molecule has 7 rings (SSSR count). The van der Waals surface area contributed by atoms with Crippen molar-refractivity contribution in [1.29, 1.82) is 5.26 Å². The van der Waals surface area contributed by atoms with Crippen molar-refractivity contribution in [2.75, 3.05) is 30.3 Å². The van der Waals surface area contributed by atoms with Crippen LogP contribution in [0.4, 0.5) is 19.7 Å². The number of aliphatic hydroxyl groups is 1. The van der Waals surface area contributed by atoms with Crippen LogP contribution in [0.3, 0.4) is 0 Å². The molecule has 12 heteroatoms. The Morgan fingerprint density at radius 2 is 2.02 bits per heavy atom. The molecule has 0 bridgehead atoms. The van der Waals surface area contributed by atoms with Gasteiger partial charge in [0.25, 0.3) is 0 Å². The third kappa shape index (κ3) is 3.76. The summed E-state index contributed by atoms with van der Waals surface area (Å²) in [7, 11) is 0. The summed E-state index contributed by atoms with van der Waals surface area (Å²) in [5, 5.41) is 20.7. The number of benzene rings is 1. The largest absolute Gasteiger partial charge is 0.392 e. The molecule has 9 nitrogen and oxygen atoms in total. The molecule has 2 saturated heterocycles. The zero-order valence-corrected chi connectivity index (χ0v) is 22.6. The zero-order valence-electron chi connectivity index (χ0n) is 21.8. The van der Waals surface area contributed by atoms with Gasteiger partial charge in [-0.2, -0.15) is 5.26 Å². The Balaban J connectivity index is 1.39. The van der Waals surface area contributed by atoms with E-state index in [0.717, 1.165) is 55.4 Å². The first-order valence-electron chi connectivity index (χ1n) is 13.4. The number of nitrogens with zero attached hydrogens (tertiary/aromatic N) is 6. The highest BCUT2D eigenvalue weighted by atomic mass is 32.1. The Hall–Kier alpha value is -3.50. The van der Waals surface area contributed by atoms with Crippen LogP contribution in [0, 0.1) is 23.0 Å². The van der Waals surface area contributed by atoms with Gasteiger partial charge in [-0.25, -0.2) is 18.7 Å². The summed E-state index contributed by atoms with van der Waals surface area (Å²) < 4.78 is 37.3. The van der Waals surface area contributed by atoms with Crippen molar-refractivity contribution in [3.8, 4) is 17.3 Å². The number of pyridine rings is 1. The number of thiophene rings is 1. The number of β-amino-alcohol motifs (C(OH)–C–C–N with tert-alkyl or cyclic N) is 1. The molecule has 2 unspecified atom stereocenters. The van der Waals surface area contributed by atoms with E-state index in [0.29, 0.717) is 23.4 Å². The van der Waals surface area contributed by atoms with E-state index in [9.17, 15) is 14.8 Å². The highest BCUT2D eigenvalue weighted by molar-refractivity contribution is 7.23. The number of fused-ring (bicyclic) bond motifs is 5. The molecule has 0 radical (unpaired) electrons. The number of nitrogen functional groups attached to an aromatic ring is 1. The molecule has 3 aromatic heterocycles. The molecule has 206 valence electrons. The van der Waals surface area contributed by atoms with Gasteiger partial charge >= 0.3 is 0 Å². The van der Waals surface area contributed by atoms with Crippen molar-refractivity contribution in [3.63, 3.8) is 0 Å². The lowest BCUT2D eigenvalue weighted by atomic mass is 9.94. The summed E-state index contributed by atoms with van der Waals surface area (Å²) in [4.78, 5) is 18.2. The number of likely N-dealkylation sites (tertiary alicyclic amines) is 1. The number of piperidine rings is 1. The van der Waals surface area contributed by atoms with E-state index in [2.05, 4.69) is 19.8 Å². The smallest absolute Gasteiger partial charge is 0.226 e. The lowest BCUT2D eigenvalue weighted by Crippen LogP contribution is -2.51. The van der Waals surface area contributed by atoms with Gasteiger partial charge in [0, 0.05) is 47.7 Å². The molecule has 3 N–H and O–H groups in total. The van der Waals surface area contributed by atoms with Crippen molar-refractivity contribution < 1.29 is 18.6 Å². The predicted octanol–water partition coefficient (Wildman–Crippen LogP) is 4.09. The van der Waals surface area contributed by atoms with Gasteiger partial charge in [0.2, 0.25) is 5.95 Å². The monoisotopic (exact) mass is 563 g/mol. The molecule has 0 amide bonds. The third-order valence-corrected chi connectivity index (χ3v) is 9.44. The van der Waals surface area contributed by atoms with Gasteiger partial charge in [0.15, 0.2) is 11.6 Å². The molecule has 4 aromatic rings. The number of anilines is 2. The minimum atomic E-state index is -0.614. The van der Waals surface area contributed by atoms with Crippen molar-refractivity contribution in [3.05, 3.63) is 40.7 Å². The van der Waals surface area contributed by atoms with E-state index in [1.54, 1.807) is 13.1 Å². The average Bonchev–Trinajstić information content (AvgIpc) is 3.67. The van der Waals surface area contributed by atoms with Crippen molar-refractivity contribution >= 4 is 43.3 Å². The normalized spacial score (nSPS) is 21.6. The minimum absolute atomic E-state index is 0.0831. The van der Waals surface area contributed by atoms with Gasteiger partial charge in [-0.3, -0.25) is 9.88 Å². The Morgan fingerprint density at radius 3 is 2.83 bits per heavy atom. The van der Waals surface area contributed by atoms with E-state index in [1.807, 2.05) is 6.07 Å². The van der Waals surface area contributed by atoms with Gasteiger partial charge in [0.05, 0.1) is 41.5 Å². The maximum Gasteiger partial charge on any atom is 0.226 e. The topological polar surface area (TPSA) is 124 Å². The summed E-state index contributed by atoms with van der Waals surface area (Å²) in [5.41, 5.74) is 7.94. The molecule has 2 fully saturated rings. The van der Waals surface area contributed by atoms with Crippen LogP contribution in [-0.2, 0) is 18.0 Å². The van der Waals surface area contributed by atoms with Crippen molar-refractivity contribution in [2.45, 2.75) is 57.6 Å². The number of aromatic nitrogens is 3. The Morgan fingerprint density at radius 1 is 1.20 bits per heavy atom. The number of hydrogen-bond donors (Lipinski definition) is 2. The van der Waals surface area contributed by atoms with Crippen LogP contribution in [0.5, 0.6) is 0 Å². The standard InChI is InChI=1S/C28H27F2N7O2S/c1-13(38)10-36-5-2-3-20-19(36)4-6-37(20)28-34-8-15-16-11-39-12-17(16)21(23(30)24(15)35-28)25-22-14(7-31)27(32)40-26(22)18(29)9-33-25/h8-9,13,19-20,38H,2-6,10-12,32H2,1H3/t13-,19?,20?/m1/s1. The van der Waals surface area contributed by atoms with Crippen LogP contribution >= 0.6 is 11.3 Å². The fourth-order valence-corrected chi connectivity index (χ4v) is 7.69. The highest BCUT2D eigenvalue weighted by Crippen LogP contribution is 2.45. The number of halogens is 2. The summed E-state index contributed by atoms with van der Waals surface area (Å²) in [6.45, 7) is 4.51. The number of hydrogen-bond acceptors (Lipinski definition) is 10. The molecule has 0 spiro atoms. The second kappa shape index (κ2) is 9.55. The SMILES string of the molecule is C[C@@H](O)CN1CCCC2C1CCN2c1ncc2c3c(c(-c4ncc(F)c5sc(N)c(C#N)c45)c(F)c2n1)COC3. The first-order chi connectivity index (χ1) is 19.4. The number of aliphatic hydroxyl groups excluding tert-OH is 1. The van der Waals surface area contributed by atoms with Gasteiger partial charge in [-0.1, -0.05) is 0 Å². The molecule has 3 aliphatic heterocycles. The molecular formula is C28H27F2N7O2S. The van der Waals surface area contributed by atoms with E-state index in [4.69, 9.17) is 15.5 Å². The Bertz CT molecular complexity index is 1720. The van der Waals surface area contributed by atoms with Gasteiger partial charge in [-0.05, 0) is 43.9 Å². The van der Waals surface area contributed by atoms with E-state index in [1.165, 1.54) is 0 Å². The molecule has 3 aliphatic rings. The molecule has 1 aromatic carbocycles. The maximum absolute atomic E-state index is 16.6. The second-order valence-electron chi connectivity index (χ2n) is 10.8. The minimum Gasteiger partial charge on any atom is -0.392 e. The van der Waals surface area contributed by atoms with Crippen LogP contribution in [0.1, 0.15) is 42.9 Å². The predicted molar refractivity (Wildman–Crippen MR) is 148 cm³/mol. The van der Waals surface area contributed by atoms with E-state index < -0.39 is 17.7 Å². The fourth-order valence-electron chi connectivity index (χ4n) is 6.77.